The van der Waals surface area contributed by atoms with Crippen molar-refractivity contribution in [1.29, 1.82) is 0 Å². The predicted molar refractivity (Wildman–Crippen MR) is 66.1 cm³/mol. The first-order valence-electron chi connectivity index (χ1n) is 5.71. The van der Waals surface area contributed by atoms with E-state index >= 15 is 0 Å². The number of hydrogen-bond acceptors (Lipinski definition) is 3. The Balaban J connectivity index is 2.76. The number of aliphatic carboxylic acids is 1. The van der Waals surface area contributed by atoms with Gasteiger partial charge in [-0.1, -0.05) is 0 Å². The quantitative estimate of drug-likeness (QED) is 0.813. The summed E-state index contributed by atoms with van der Waals surface area (Å²) < 4.78 is 18.6. The second-order valence-corrected chi connectivity index (χ2v) is 4.81. The lowest BCUT2D eigenvalue weighted by atomic mass is 9.95. The number of carbonyl (C=O) groups is 1. The lowest BCUT2D eigenvalue weighted by Crippen LogP contribution is -2.30. The molecule has 0 aliphatic rings. The maximum Gasteiger partial charge on any atom is 0.312 e. The molecule has 5 heteroatoms. The lowest BCUT2D eigenvalue weighted by molar-refractivity contribution is -0.148. The second-order valence-electron chi connectivity index (χ2n) is 4.81. The van der Waals surface area contributed by atoms with Gasteiger partial charge in [-0.15, -0.1) is 0 Å². The average Bonchev–Trinajstić information content (AvgIpc) is 2.26. The summed E-state index contributed by atoms with van der Waals surface area (Å²) in [6.07, 6.45) is 0.552. The third kappa shape index (κ3) is 4.00. The Morgan fingerprint density at radius 1 is 1.44 bits per heavy atom. The molecule has 0 heterocycles. The summed E-state index contributed by atoms with van der Waals surface area (Å²) in [5.41, 5.74) is 5.13. The fourth-order valence-electron chi connectivity index (χ4n) is 1.34. The zero-order chi connectivity index (χ0) is 13.8. The van der Waals surface area contributed by atoms with Crippen molar-refractivity contribution in [2.24, 2.45) is 11.1 Å². The summed E-state index contributed by atoms with van der Waals surface area (Å²) >= 11 is 0. The number of ether oxygens (including phenoxy) is 1. The average molecular weight is 255 g/mol. The molecule has 18 heavy (non-hydrogen) atoms. The van der Waals surface area contributed by atoms with E-state index < -0.39 is 17.2 Å². The van der Waals surface area contributed by atoms with Crippen LogP contribution in [0.3, 0.4) is 0 Å². The van der Waals surface area contributed by atoms with E-state index in [0.717, 1.165) is 5.56 Å². The van der Waals surface area contributed by atoms with Gasteiger partial charge in [-0.3, -0.25) is 4.79 Å². The van der Waals surface area contributed by atoms with Gasteiger partial charge in [0.1, 0.15) is 18.2 Å². The molecule has 0 saturated heterocycles. The molecular weight excluding hydrogens is 237 g/mol. The standard InChI is InChI=1S/C13H18FNO3/c1-13(2,12(16)17)8-18-11-6-9(3-4-15)5-10(14)7-11/h5-7H,3-4,8,15H2,1-2H3,(H,16,17). The molecule has 0 atom stereocenters. The summed E-state index contributed by atoms with van der Waals surface area (Å²) in [5.74, 6) is -1.04. The van der Waals surface area contributed by atoms with Gasteiger partial charge in [0.05, 0.1) is 5.41 Å². The van der Waals surface area contributed by atoms with Gasteiger partial charge in [-0.05, 0) is 44.5 Å². The molecule has 0 saturated carbocycles. The third-order valence-electron chi connectivity index (χ3n) is 2.54. The van der Waals surface area contributed by atoms with Crippen LogP contribution in [-0.2, 0) is 11.2 Å². The van der Waals surface area contributed by atoms with Crippen molar-refractivity contribution >= 4 is 5.97 Å². The van der Waals surface area contributed by atoms with E-state index in [1.807, 2.05) is 0 Å². The van der Waals surface area contributed by atoms with Crippen molar-refractivity contribution in [3.05, 3.63) is 29.6 Å². The van der Waals surface area contributed by atoms with Crippen molar-refractivity contribution in [2.45, 2.75) is 20.3 Å². The normalized spacial score (nSPS) is 11.3. The molecule has 0 aliphatic heterocycles. The summed E-state index contributed by atoms with van der Waals surface area (Å²) in [4.78, 5) is 10.9. The highest BCUT2D eigenvalue weighted by atomic mass is 19.1. The minimum absolute atomic E-state index is 0.0200. The van der Waals surface area contributed by atoms with E-state index in [1.165, 1.54) is 12.1 Å². The number of benzene rings is 1. The van der Waals surface area contributed by atoms with Crippen LogP contribution >= 0.6 is 0 Å². The molecule has 1 rings (SSSR count). The lowest BCUT2D eigenvalue weighted by Gasteiger charge is -2.19. The van der Waals surface area contributed by atoms with Gasteiger partial charge in [-0.2, -0.15) is 0 Å². The Hall–Kier alpha value is -1.62. The molecule has 1 aromatic carbocycles. The number of rotatable bonds is 6. The molecule has 0 fully saturated rings. The Morgan fingerprint density at radius 3 is 2.67 bits per heavy atom. The van der Waals surface area contributed by atoms with Gasteiger partial charge in [0.2, 0.25) is 0 Å². The van der Waals surface area contributed by atoms with Crippen LogP contribution in [0.5, 0.6) is 5.75 Å². The molecule has 0 amide bonds. The van der Waals surface area contributed by atoms with Crippen LogP contribution in [0.15, 0.2) is 18.2 Å². The highest BCUT2D eigenvalue weighted by Crippen LogP contribution is 2.21. The van der Waals surface area contributed by atoms with Crippen LogP contribution < -0.4 is 10.5 Å². The topological polar surface area (TPSA) is 72.5 Å². The van der Waals surface area contributed by atoms with Gasteiger partial charge in [0.25, 0.3) is 0 Å². The van der Waals surface area contributed by atoms with Crippen LogP contribution in [0.2, 0.25) is 0 Å². The van der Waals surface area contributed by atoms with E-state index in [4.69, 9.17) is 15.6 Å². The fourth-order valence-corrected chi connectivity index (χ4v) is 1.34. The number of halogens is 1. The van der Waals surface area contributed by atoms with Gasteiger partial charge >= 0.3 is 5.97 Å². The zero-order valence-electron chi connectivity index (χ0n) is 10.6. The maximum atomic E-state index is 13.3. The van der Waals surface area contributed by atoms with Gasteiger partial charge in [0, 0.05) is 6.07 Å². The van der Waals surface area contributed by atoms with Crippen molar-refractivity contribution in [3.63, 3.8) is 0 Å². The van der Waals surface area contributed by atoms with E-state index in [0.29, 0.717) is 18.7 Å². The molecule has 0 aliphatic carbocycles. The minimum Gasteiger partial charge on any atom is -0.492 e. The maximum absolute atomic E-state index is 13.3. The highest BCUT2D eigenvalue weighted by molar-refractivity contribution is 5.73. The van der Waals surface area contributed by atoms with Crippen LogP contribution in [0.1, 0.15) is 19.4 Å². The van der Waals surface area contributed by atoms with Crippen LogP contribution in [0.25, 0.3) is 0 Å². The van der Waals surface area contributed by atoms with E-state index in [2.05, 4.69) is 0 Å². The van der Waals surface area contributed by atoms with Crippen molar-refractivity contribution in [1.82, 2.24) is 0 Å². The number of carboxylic acid groups (broad SMARTS) is 1. The number of carboxylic acids is 1. The largest absolute Gasteiger partial charge is 0.492 e. The van der Waals surface area contributed by atoms with Gasteiger partial charge in [-0.25, -0.2) is 4.39 Å². The molecule has 1 aromatic rings. The molecule has 0 aromatic heterocycles. The Kier molecular flexibility index (Phi) is 4.67. The van der Waals surface area contributed by atoms with Crippen LogP contribution in [0, 0.1) is 11.2 Å². The smallest absolute Gasteiger partial charge is 0.312 e. The van der Waals surface area contributed by atoms with E-state index in [-0.39, 0.29) is 6.61 Å². The molecule has 0 unspecified atom stereocenters. The zero-order valence-corrected chi connectivity index (χ0v) is 10.6. The van der Waals surface area contributed by atoms with Crippen molar-refractivity contribution in [2.75, 3.05) is 13.2 Å². The van der Waals surface area contributed by atoms with Crippen LogP contribution in [-0.4, -0.2) is 24.2 Å². The first-order chi connectivity index (χ1) is 8.35. The third-order valence-corrected chi connectivity index (χ3v) is 2.54. The minimum atomic E-state index is -1.01. The monoisotopic (exact) mass is 255 g/mol. The van der Waals surface area contributed by atoms with Crippen molar-refractivity contribution in [3.8, 4) is 5.75 Å². The fraction of sp³-hybridized carbons (Fsp3) is 0.462. The first-order valence-corrected chi connectivity index (χ1v) is 5.71. The number of hydrogen-bond donors (Lipinski definition) is 2. The first kappa shape index (κ1) is 14.4. The summed E-state index contributed by atoms with van der Waals surface area (Å²) in [6, 6.07) is 4.30. The summed E-state index contributed by atoms with van der Waals surface area (Å²) in [6.45, 7) is 3.50. The molecule has 4 nitrogen and oxygen atoms in total. The van der Waals surface area contributed by atoms with Crippen LogP contribution in [0.4, 0.5) is 4.39 Å². The second kappa shape index (κ2) is 5.82. The van der Waals surface area contributed by atoms with Gasteiger partial charge < -0.3 is 15.6 Å². The predicted octanol–water partition coefficient (Wildman–Crippen LogP) is 1.82. The van der Waals surface area contributed by atoms with Gasteiger partial charge in [0.15, 0.2) is 0 Å². The van der Waals surface area contributed by atoms with E-state index in [1.54, 1.807) is 19.9 Å². The molecule has 3 N–H and O–H groups in total. The SMILES string of the molecule is CC(C)(COc1cc(F)cc(CCN)c1)C(=O)O. The molecule has 100 valence electrons. The molecular formula is C13H18FNO3. The van der Waals surface area contributed by atoms with Crippen molar-refractivity contribution < 1.29 is 19.0 Å². The Bertz CT molecular complexity index is 432. The Morgan fingerprint density at radius 2 is 2.11 bits per heavy atom. The highest BCUT2D eigenvalue weighted by Gasteiger charge is 2.28. The summed E-state index contributed by atoms with van der Waals surface area (Å²) in [5, 5.41) is 8.94. The summed E-state index contributed by atoms with van der Waals surface area (Å²) in [7, 11) is 0. The molecule has 0 bridgehead atoms. The number of nitrogens with two attached hydrogens (primary N) is 1. The molecule has 0 radical (unpaired) electrons. The molecule has 0 spiro atoms. The van der Waals surface area contributed by atoms with E-state index in [9.17, 15) is 9.18 Å². The Labute approximate surface area is 106 Å².